The van der Waals surface area contributed by atoms with Crippen molar-refractivity contribution in [2.45, 2.75) is 57.9 Å². The molecule has 3 atom stereocenters. The van der Waals surface area contributed by atoms with Gasteiger partial charge in [-0.25, -0.2) is 13.2 Å². The Morgan fingerprint density at radius 2 is 1.15 bits per heavy atom. The van der Waals surface area contributed by atoms with E-state index in [0.29, 0.717) is 0 Å². The van der Waals surface area contributed by atoms with Crippen molar-refractivity contribution in [2.24, 2.45) is 11.3 Å². The van der Waals surface area contributed by atoms with Crippen molar-refractivity contribution in [1.82, 2.24) is 0 Å². The quantitative estimate of drug-likeness (QED) is 0.296. The summed E-state index contributed by atoms with van der Waals surface area (Å²) in [6, 6.07) is 0. The van der Waals surface area contributed by atoms with Gasteiger partial charge in [-0.15, -0.1) is 0 Å². The third-order valence-electron chi connectivity index (χ3n) is 4.98. The molecule has 1 aromatic rings. The van der Waals surface area contributed by atoms with Gasteiger partial charge in [-0.1, -0.05) is 20.8 Å². The molecule has 0 saturated carbocycles. The van der Waals surface area contributed by atoms with Crippen LogP contribution in [0.4, 0.5) is 52.7 Å². The van der Waals surface area contributed by atoms with Crippen LogP contribution in [0.1, 0.15) is 50.0 Å². The Morgan fingerprint density at radius 3 is 1.58 bits per heavy atom. The van der Waals surface area contributed by atoms with Crippen LogP contribution < -0.4 is 0 Å². The summed E-state index contributed by atoms with van der Waals surface area (Å²) in [4.78, 5) is 0. The first kappa shape index (κ1) is 27.5. The molecule has 14 heteroatoms. The fraction of sp³-hybridized carbons (Fsp3) is 0.684. The summed E-state index contributed by atoms with van der Waals surface area (Å²) < 4.78 is 175. The Hall–Kier alpha value is -1.70. The average molecular weight is 506 g/mol. The summed E-state index contributed by atoms with van der Waals surface area (Å²) in [5.41, 5.74) is -10.0. The van der Waals surface area contributed by atoms with Crippen LogP contribution in [0.3, 0.4) is 0 Å². The molecule has 190 valence electrons. The van der Waals surface area contributed by atoms with Crippen molar-refractivity contribution in [3.63, 3.8) is 0 Å². The SMILES string of the molecule is CC(C)(C)C1OCCCOC(c2c(F)c(F)c(C(F)(F)F)c(F)c2C(F)(F)F)C1C(F)(F)F. The van der Waals surface area contributed by atoms with Crippen molar-refractivity contribution in [3.05, 3.63) is 34.1 Å². The lowest BCUT2D eigenvalue weighted by Gasteiger charge is -2.43. The van der Waals surface area contributed by atoms with Crippen LogP contribution in [-0.4, -0.2) is 25.5 Å². The molecule has 0 radical (unpaired) electrons. The monoisotopic (exact) mass is 506 g/mol. The van der Waals surface area contributed by atoms with Gasteiger partial charge in [-0.05, 0) is 11.8 Å². The molecule has 0 spiro atoms. The van der Waals surface area contributed by atoms with Crippen molar-refractivity contribution in [1.29, 1.82) is 0 Å². The fourth-order valence-corrected chi connectivity index (χ4v) is 3.71. The van der Waals surface area contributed by atoms with Gasteiger partial charge in [0.1, 0.15) is 23.1 Å². The fourth-order valence-electron chi connectivity index (χ4n) is 3.71. The molecule has 1 heterocycles. The number of hydrogen-bond donors (Lipinski definition) is 0. The van der Waals surface area contributed by atoms with Crippen LogP contribution in [0, 0.1) is 28.8 Å². The van der Waals surface area contributed by atoms with Gasteiger partial charge < -0.3 is 9.47 Å². The topological polar surface area (TPSA) is 18.5 Å². The standard InChI is InChI=1S/C19H18F12O2/c1-16(2,3)15-10(19(29,30)31)14(32-5-4-6-33-15)7-8(17(23,24)25)12(21)9(18(26,27)28)13(22)11(7)20/h10,14-15H,4-6H2,1-3H3. The van der Waals surface area contributed by atoms with Crippen molar-refractivity contribution >= 4 is 0 Å². The highest BCUT2D eigenvalue weighted by Crippen LogP contribution is 2.52. The zero-order chi connectivity index (χ0) is 25.7. The molecule has 0 N–H and O–H groups in total. The largest absolute Gasteiger partial charge is 0.422 e. The summed E-state index contributed by atoms with van der Waals surface area (Å²) in [5.74, 6) is -12.4. The van der Waals surface area contributed by atoms with E-state index in [-0.39, 0.29) is 13.0 Å². The first-order valence-corrected chi connectivity index (χ1v) is 9.35. The molecule has 1 aromatic carbocycles. The molecule has 2 rings (SSSR count). The second-order valence-electron chi connectivity index (χ2n) is 8.47. The number of benzene rings is 1. The molecule has 1 aliphatic heterocycles. The first-order chi connectivity index (χ1) is 14.7. The molecule has 2 nitrogen and oxygen atoms in total. The molecule has 0 bridgehead atoms. The normalized spacial score (nSPS) is 23.9. The molecule has 3 unspecified atom stereocenters. The number of hydrogen-bond acceptors (Lipinski definition) is 2. The van der Waals surface area contributed by atoms with Gasteiger partial charge in [0, 0.05) is 18.8 Å². The van der Waals surface area contributed by atoms with Crippen LogP contribution in [-0.2, 0) is 21.8 Å². The van der Waals surface area contributed by atoms with Crippen LogP contribution in [0.2, 0.25) is 0 Å². The highest BCUT2D eigenvalue weighted by atomic mass is 19.4. The van der Waals surface area contributed by atoms with E-state index in [1.165, 1.54) is 20.8 Å². The maximum Gasteiger partial charge on any atom is 0.422 e. The van der Waals surface area contributed by atoms with Gasteiger partial charge in [0.25, 0.3) is 0 Å². The van der Waals surface area contributed by atoms with Gasteiger partial charge >= 0.3 is 18.5 Å². The highest BCUT2D eigenvalue weighted by Gasteiger charge is 2.58. The molecule has 0 aliphatic carbocycles. The molecule has 0 amide bonds. The van der Waals surface area contributed by atoms with Crippen LogP contribution in [0.25, 0.3) is 0 Å². The molecule has 1 aliphatic rings. The van der Waals surface area contributed by atoms with Gasteiger partial charge in [0.05, 0.1) is 6.10 Å². The van der Waals surface area contributed by atoms with E-state index in [2.05, 4.69) is 0 Å². The predicted octanol–water partition coefficient (Wildman–Crippen LogP) is 7.21. The first-order valence-electron chi connectivity index (χ1n) is 9.35. The zero-order valence-electron chi connectivity index (χ0n) is 17.2. The minimum absolute atomic E-state index is 0.192. The summed E-state index contributed by atoms with van der Waals surface area (Å²) in [6.45, 7) is 2.54. The molecule has 1 fully saturated rings. The molecular formula is C19H18F12O2. The minimum Gasteiger partial charge on any atom is -0.377 e. The lowest BCUT2D eigenvalue weighted by molar-refractivity contribution is -0.265. The molecular weight excluding hydrogens is 488 g/mol. The smallest absolute Gasteiger partial charge is 0.377 e. The van der Waals surface area contributed by atoms with Crippen LogP contribution in [0.5, 0.6) is 0 Å². The van der Waals surface area contributed by atoms with Gasteiger partial charge in [0.15, 0.2) is 17.5 Å². The summed E-state index contributed by atoms with van der Waals surface area (Å²) in [7, 11) is 0. The zero-order valence-corrected chi connectivity index (χ0v) is 17.2. The van der Waals surface area contributed by atoms with Gasteiger partial charge in [0.2, 0.25) is 0 Å². The second-order valence-corrected chi connectivity index (χ2v) is 8.47. The summed E-state index contributed by atoms with van der Waals surface area (Å²) in [5, 5.41) is 0. The van der Waals surface area contributed by atoms with Crippen LogP contribution >= 0.6 is 0 Å². The van der Waals surface area contributed by atoms with Crippen molar-refractivity contribution in [3.8, 4) is 0 Å². The molecule has 1 saturated heterocycles. The van der Waals surface area contributed by atoms with E-state index in [1.807, 2.05) is 0 Å². The third-order valence-corrected chi connectivity index (χ3v) is 4.98. The summed E-state index contributed by atoms with van der Waals surface area (Å²) in [6.07, 6.45) is -23.0. The number of rotatable bonds is 1. The van der Waals surface area contributed by atoms with E-state index < -0.39 is 82.8 Å². The lowest BCUT2D eigenvalue weighted by Crippen LogP contribution is -2.49. The minimum atomic E-state index is -6.13. The van der Waals surface area contributed by atoms with E-state index in [0.717, 1.165) is 0 Å². The molecule has 33 heavy (non-hydrogen) atoms. The van der Waals surface area contributed by atoms with E-state index in [4.69, 9.17) is 9.47 Å². The van der Waals surface area contributed by atoms with Crippen molar-refractivity contribution < 1.29 is 62.2 Å². The number of alkyl halides is 9. The Kier molecular flexibility index (Phi) is 7.36. The Labute approximate surface area is 179 Å². The number of ether oxygens (including phenoxy) is 2. The Bertz CT molecular complexity index is 864. The van der Waals surface area contributed by atoms with Gasteiger partial charge in [-0.2, -0.15) is 39.5 Å². The van der Waals surface area contributed by atoms with E-state index >= 15 is 0 Å². The Morgan fingerprint density at radius 1 is 0.667 bits per heavy atom. The molecule has 0 aromatic heterocycles. The van der Waals surface area contributed by atoms with Crippen LogP contribution in [0.15, 0.2) is 0 Å². The number of halogens is 12. The lowest BCUT2D eigenvalue weighted by atomic mass is 9.75. The highest BCUT2D eigenvalue weighted by molar-refractivity contribution is 5.42. The predicted molar refractivity (Wildman–Crippen MR) is 88.4 cm³/mol. The summed E-state index contributed by atoms with van der Waals surface area (Å²) >= 11 is 0. The van der Waals surface area contributed by atoms with E-state index in [1.54, 1.807) is 0 Å². The van der Waals surface area contributed by atoms with Gasteiger partial charge in [-0.3, -0.25) is 0 Å². The second kappa shape index (κ2) is 8.82. The van der Waals surface area contributed by atoms with E-state index in [9.17, 15) is 52.7 Å². The maximum atomic E-state index is 14.7. The van der Waals surface area contributed by atoms with Crippen molar-refractivity contribution in [2.75, 3.05) is 13.2 Å². The third kappa shape index (κ3) is 5.52. The maximum absolute atomic E-state index is 14.7. The Balaban J connectivity index is 2.99. The average Bonchev–Trinajstić information content (AvgIpc) is 2.53.